The van der Waals surface area contributed by atoms with E-state index in [1.807, 2.05) is 13.8 Å². The number of aliphatic hydroxyl groups excluding tert-OH is 1. The first-order valence-corrected chi connectivity index (χ1v) is 6.50. The minimum absolute atomic E-state index is 0.105. The van der Waals surface area contributed by atoms with Crippen LogP contribution in [0.2, 0.25) is 5.15 Å². The SMILES string of the molecule is CNc1cc(C(=O)NCC(C)(C)CCO)cc(Cl)n1. The fraction of sp³-hybridized carbons (Fsp3) is 0.538. The maximum absolute atomic E-state index is 12.0. The Morgan fingerprint density at radius 3 is 2.74 bits per heavy atom. The van der Waals surface area contributed by atoms with Crippen LogP contribution in [0.15, 0.2) is 12.1 Å². The number of amides is 1. The summed E-state index contributed by atoms with van der Waals surface area (Å²) in [6, 6.07) is 3.16. The van der Waals surface area contributed by atoms with E-state index in [0.717, 1.165) is 0 Å². The van der Waals surface area contributed by atoms with Crippen LogP contribution in [0.5, 0.6) is 0 Å². The van der Waals surface area contributed by atoms with Gasteiger partial charge in [0.2, 0.25) is 0 Å². The highest BCUT2D eigenvalue weighted by Crippen LogP contribution is 2.19. The van der Waals surface area contributed by atoms with Crippen molar-refractivity contribution in [2.75, 3.05) is 25.5 Å². The first kappa shape index (κ1) is 15.7. The highest BCUT2D eigenvalue weighted by atomic mass is 35.5. The van der Waals surface area contributed by atoms with E-state index in [2.05, 4.69) is 15.6 Å². The van der Waals surface area contributed by atoms with Crippen LogP contribution in [0.4, 0.5) is 5.82 Å². The summed E-state index contributed by atoms with van der Waals surface area (Å²) < 4.78 is 0. The fourth-order valence-electron chi connectivity index (χ4n) is 1.57. The normalized spacial score (nSPS) is 11.2. The highest BCUT2D eigenvalue weighted by Gasteiger charge is 2.19. The Morgan fingerprint density at radius 2 is 2.16 bits per heavy atom. The van der Waals surface area contributed by atoms with Gasteiger partial charge in [-0.2, -0.15) is 0 Å². The van der Waals surface area contributed by atoms with E-state index in [-0.39, 0.29) is 23.1 Å². The molecule has 0 spiro atoms. The predicted molar refractivity (Wildman–Crippen MR) is 76.6 cm³/mol. The van der Waals surface area contributed by atoms with Gasteiger partial charge in [0, 0.05) is 25.8 Å². The van der Waals surface area contributed by atoms with Crippen LogP contribution >= 0.6 is 11.6 Å². The summed E-state index contributed by atoms with van der Waals surface area (Å²) in [5.74, 6) is 0.346. The van der Waals surface area contributed by atoms with Crippen LogP contribution in [-0.4, -0.2) is 36.2 Å². The zero-order chi connectivity index (χ0) is 14.5. The van der Waals surface area contributed by atoms with E-state index >= 15 is 0 Å². The third-order valence-corrected chi connectivity index (χ3v) is 3.02. The zero-order valence-corrected chi connectivity index (χ0v) is 12.2. The molecule has 0 aromatic carbocycles. The topological polar surface area (TPSA) is 74.2 Å². The lowest BCUT2D eigenvalue weighted by Crippen LogP contribution is -2.34. The van der Waals surface area contributed by atoms with Gasteiger partial charge < -0.3 is 15.7 Å². The monoisotopic (exact) mass is 285 g/mol. The maximum Gasteiger partial charge on any atom is 0.251 e. The number of aliphatic hydroxyl groups is 1. The number of pyridine rings is 1. The van der Waals surface area contributed by atoms with Crippen molar-refractivity contribution in [3.63, 3.8) is 0 Å². The molecule has 0 aliphatic heterocycles. The minimum Gasteiger partial charge on any atom is -0.396 e. The molecule has 6 heteroatoms. The lowest BCUT2D eigenvalue weighted by atomic mass is 9.89. The van der Waals surface area contributed by atoms with Gasteiger partial charge in [-0.1, -0.05) is 25.4 Å². The number of hydrogen-bond donors (Lipinski definition) is 3. The number of nitrogens with one attached hydrogen (secondary N) is 2. The number of hydrogen-bond acceptors (Lipinski definition) is 4. The summed E-state index contributed by atoms with van der Waals surface area (Å²) >= 11 is 5.85. The number of carbonyl (C=O) groups is 1. The van der Waals surface area contributed by atoms with E-state index < -0.39 is 0 Å². The molecular weight excluding hydrogens is 266 g/mol. The van der Waals surface area contributed by atoms with Crippen molar-refractivity contribution >= 4 is 23.3 Å². The largest absolute Gasteiger partial charge is 0.396 e. The third kappa shape index (κ3) is 5.04. The summed E-state index contributed by atoms with van der Waals surface area (Å²) in [5, 5.41) is 14.9. The van der Waals surface area contributed by atoms with Crippen LogP contribution in [0.1, 0.15) is 30.6 Å². The van der Waals surface area contributed by atoms with E-state index in [9.17, 15) is 4.79 Å². The smallest absolute Gasteiger partial charge is 0.251 e. The van der Waals surface area contributed by atoms with Gasteiger partial charge >= 0.3 is 0 Å². The molecule has 0 bridgehead atoms. The standard InChI is InChI=1S/C13H20ClN3O2/c1-13(2,4-5-18)8-16-12(19)9-6-10(14)17-11(7-9)15-3/h6-7,18H,4-5,8H2,1-3H3,(H,15,17)(H,16,19). The van der Waals surface area contributed by atoms with Crippen molar-refractivity contribution in [3.05, 3.63) is 22.8 Å². The molecule has 19 heavy (non-hydrogen) atoms. The molecule has 106 valence electrons. The molecule has 1 heterocycles. The van der Waals surface area contributed by atoms with Gasteiger partial charge in [0.1, 0.15) is 11.0 Å². The van der Waals surface area contributed by atoms with Crippen LogP contribution in [-0.2, 0) is 0 Å². The molecule has 1 aromatic heterocycles. The second-order valence-corrected chi connectivity index (χ2v) is 5.52. The lowest BCUT2D eigenvalue weighted by Gasteiger charge is -2.23. The van der Waals surface area contributed by atoms with Crippen LogP contribution < -0.4 is 10.6 Å². The van der Waals surface area contributed by atoms with Gasteiger partial charge in [-0.05, 0) is 24.0 Å². The molecule has 0 unspecified atom stereocenters. The van der Waals surface area contributed by atoms with Gasteiger partial charge in [0.15, 0.2) is 0 Å². The van der Waals surface area contributed by atoms with Crippen LogP contribution in [0, 0.1) is 5.41 Å². The summed E-state index contributed by atoms with van der Waals surface area (Å²) in [6.45, 7) is 4.57. The van der Waals surface area contributed by atoms with Gasteiger partial charge in [-0.15, -0.1) is 0 Å². The molecule has 0 fully saturated rings. The molecule has 0 atom stereocenters. The van der Waals surface area contributed by atoms with E-state index in [4.69, 9.17) is 16.7 Å². The molecule has 3 N–H and O–H groups in total. The van der Waals surface area contributed by atoms with Gasteiger partial charge in [0.05, 0.1) is 0 Å². The lowest BCUT2D eigenvalue weighted by molar-refractivity contribution is 0.0928. The average Bonchev–Trinajstić information content (AvgIpc) is 2.35. The number of anilines is 1. The van der Waals surface area contributed by atoms with Gasteiger partial charge in [0.25, 0.3) is 5.91 Å². The molecule has 1 amide bonds. The first-order valence-electron chi connectivity index (χ1n) is 6.12. The fourth-order valence-corrected chi connectivity index (χ4v) is 1.78. The zero-order valence-electron chi connectivity index (χ0n) is 11.5. The highest BCUT2D eigenvalue weighted by molar-refractivity contribution is 6.29. The Bertz CT molecular complexity index is 450. The van der Waals surface area contributed by atoms with Gasteiger partial charge in [-0.25, -0.2) is 4.98 Å². The second-order valence-electron chi connectivity index (χ2n) is 5.13. The average molecular weight is 286 g/mol. The van der Waals surface area contributed by atoms with Crippen molar-refractivity contribution in [2.45, 2.75) is 20.3 Å². The van der Waals surface area contributed by atoms with Crippen molar-refractivity contribution in [3.8, 4) is 0 Å². The number of nitrogens with zero attached hydrogens (tertiary/aromatic N) is 1. The Balaban J connectivity index is 2.71. The van der Waals surface area contributed by atoms with Crippen LogP contribution in [0.3, 0.4) is 0 Å². The van der Waals surface area contributed by atoms with E-state index in [1.54, 1.807) is 13.1 Å². The summed E-state index contributed by atoms with van der Waals surface area (Å²) in [7, 11) is 1.71. The summed E-state index contributed by atoms with van der Waals surface area (Å²) in [6.07, 6.45) is 0.631. The van der Waals surface area contributed by atoms with Gasteiger partial charge in [-0.3, -0.25) is 4.79 Å². The molecule has 0 aliphatic carbocycles. The van der Waals surface area contributed by atoms with Crippen molar-refractivity contribution < 1.29 is 9.90 Å². The van der Waals surface area contributed by atoms with Crippen molar-refractivity contribution in [1.29, 1.82) is 0 Å². The molecule has 0 saturated carbocycles. The van der Waals surface area contributed by atoms with E-state index in [1.165, 1.54) is 6.07 Å². The molecule has 0 aliphatic rings. The minimum atomic E-state index is -0.202. The van der Waals surface area contributed by atoms with E-state index in [0.29, 0.717) is 24.3 Å². The first-order chi connectivity index (χ1) is 8.88. The third-order valence-electron chi connectivity index (χ3n) is 2.83. The molecule has 1 rings (SSSR count). The second kappa shape index (κ2) is 6.73. The number of aromatic nitrogens is 1. The number of carbonyl (C=O) groups excluding carboxylic acids is 1. The molecule has 1 aromatic rings. The van der Waals surface area contributed by atoms with Crippen molar-refractivity contribution in [2.24, 2.45) is 5.41 Å². The number of rotatable bonds is 6. The Kier molecular flexibility index (Phi) is 5.57. The Morgan fingerprint density at radius 1 is 1.47 bits per heavy atom. The summed E-state index contributed by atoms with van der Waals surface area (Å²) in [5.41, 5.74) is 0.316. The Labute approximate surface area is 118 Å². The van der Waals surface area contributed by atoms with Crippen LogP contribution in [0.25, 0.3) is 0 Å². The molecule has 0 radical (unpaired) electrons. The maximum atomic E-state index is 12.0. The molecular formula is C13H20ClN3O2. The van der Waals surface area contributed by atoms with Crippen molar-refractivity contribution in [1.82, 2.24) is 10.3 Å². The quantitative estimate of drug-likeness (QED) is 0.698. The molecule has 0 saturated heterocycles. The Hall–Kier alpha value is -1.33. The number of halogens is 1. The molecule has 5 nitrogen and oxygen atoms in total. The summed E-state index contributed by atoms with van der Waals surface area (Å²) in [4.78, 5) is 16.0. The predicted octanol–water partition coefficient (Wildman–Crippen LogP) is 1.92.